The lowest BCUT2D eigenvalue weighted by Gasteiger charge is -2.32. The van der Waals surface area contributed by atoms with Crippen molar-refractivity contribution < 1.29 is 9.47 Å². The fourth-order valence-corrected chi connectivity index (χ4v) is 4.22. The summed E-state index contributed by atoms with van der Waals surface area (Å²) in [6, 6.07) is 16.7. The van der Waals surface area contributed by atoms with Gasteiger partial charge in [-0.3, -0.25) is 0 Å². The number of benzene rings is 2. The largest absolute Gasteiger partial charge is 0.454 e. The van der Waals surface area contributed by atoms with Gasteiger partial charge in [0.05, 0.1) is 11.6 Å². The molecule has 0 saturated carbocycles. The quantitative estimate of drug-likeness (QED) is 0.600. The number of ether oxygens (including phenoxy) is 2. The van der Waals surface area contributed by atoms with Crippen molar-refractivity contribution in [1.29, 1.82) is 0 Å². The lowest BCUT2D eigenvalue weighted by atomic mass is 10.0. The molecule has 152 valence electrons. The number of nitrogens with one attached hydrogen (secondary N) is 3. The molecule has 30 heavy (non-hydrogen) atoms. The summed E-state index contributed by atoms with van der Waals surface area (Å²) in [5.41, 5.74) is 10.1. The van der Waals surface area contributed by atoms with Gasteiger partial charge in [0.25, 0.3) is 0 Å². The highest BCUT2D eigenvalue weighted by Gasteiger charge is 2.34. The average molecular weight is 402 g/mol. The van der Waals surface area contributed by atoms with E-state index in [-0.39, 0.29) is 12.8 Å². The van der Waals surface area contributed by atoms with Crippen molar-refractivity contribution in [3.63, 3.8) is 0 Å². The van der Waals surface area contributed by atoms with Crippen LogP contribution in [0.2, 0.25) is 0 Å². The van der Waals surface area contributed by atoms with Crippen LogP contribution in [0.5, 0.6) is 11.5 Å². The van der Waals surface area contributed by atoms with Crippen molar-refractivity contribution in [2.24, 2.45) is 0 Å². The Morgan fingerprint density at radius 3 is 2.87 bits per heavy atom. The van der Waals surface area contributed by atoms with E-state index >= 15 is 0 Å². The minimum Gasteiger partial charge on any atom is -0.454 e. The summed E-state index contributed by atoms with van der Waals surface area (Å²) in [4.78, 5) is 11.9. The summed E-state index contributed by atoms with van der Waals surface area (Å²) in [7, 11) is 0. The Kier molecular flexibility index (Phi) is 4.09. The van der Waals surface area contributed by atoms with Crippen LogP contribution in [0.3, 0.4) is 0 Å². The van der Waals surface area contributed by atoms with Crippen LogP contribution in [0.25, 0.3) is 0 Å². The second-order valence-electron chi connectivity index (χ2n) is 7.69. The van der Waals surface area contributed by atoms with Crippen LogP contribution >= 0.6 is 0 Å². The Morgan fingerprint density at radius 2 is 1.93 bits per heavy atom. The lowest BCUT2D eigenvalue weighted by molar-refractivity contribution is 0.174. The predicted molar refractivity (Wildman–Crippen MR) is 114 cm³/mol. The highest BCUT2D eigenvalue weighted by molar-refractivity contribution is 5.67. The summed E-state index contributed by atoms with van der Waals surface area (Å²) < 4.78 is 10.9. The summed E-state index contributed by atoms with van der Waals surface area (Å²) in [6.45, 7) is 2.66. The zero-order valence-corrected chi connectivity index (χ0v) is 16.4. The average Bonchev–Trinajstić information content (AvgIpc) is 3.42. The molecule has 8 heteroatoms. The normalized spacial score (nSPS) is 18.1. The Balaban J connectivity index is 1.26. The van der Waals surface area contributed by atoms with Crippen molar-refractivity contribution >= 4 is 17.6 Å². The van der Waals surface area contributed by atoms with Crippen molar-refractivity contribution in [3.8, 4) is 11.5 Å². The molecule has 3 aliphatic rings. The van der Waals surface area contributed by atoms with Crippen LogP contribution < -0.4 is 30.5 Å². The van der Waals surface area contributed by atoms with Crippen molar-refractivity contribution in [2.75, 3.05) is 29.0 Å². The van der Waals surface area contributed by atoms with Gasteiger partial charge in [-0.2, -0.15) is 9.97 Å². The SMILES string of the molecule is c1ccc(CN2CCC3NNc4nc(NCc5ccc6c(c5)OCO6)nc2c43)cc1. The minimum atomic E-state index is 0.255. The molecule has 8 nitrogen and oxygen atoms in total. The zero-order chi connectivity index (χ0) is 19.9. The highest BCUT2D eigenvalue weighted by atomic mass is 16.7. The third kappa shape index (κ3) is 3.05. The molecule has 0 saturated heterocycles. The molecule has 1 unspecified atom stereocenters. The number of hydrazine groups is 1. The van der Waals surface area contributed by atoms with Crippen molar-refractivity contribution in [3.05, 3.63) is 65.2 Å². The van der Waals surface area contributed by atoms with Crippen molar-refractivity contribution in [1.82, 2.24) is 15.4 Å². The monoisotopic (exact) mass is 402 g/mol. The van der Waals surface area contributed by atoms with Crippen LogP contribution in [0.4, 0.5) is 17.6 Å². The Hall–Kier alpha value is -3.52. The molecule has 1 aromatic heterocycles. The maximum absolute atomic E-state index is 5.47. The fourth-order valence-electron chi connectivity index (χ4n) is 4.22. The Labute approximate surface area is 174 Å². The van der Waals surface area contributed by atoms with E-state index in [2.05, 4.69) is 45.3 Å². The summed E-state index contributed by atoms with van der Waals surface area (Å²) in [5.74, 6) is 4.02. The molecule has 4 heterocycles. The maximum atomic E-state index is 5.47. The second kappa shape index (κ2) is 7.07. The molecule has 0 aliphatic carbocycles. The maximum Gasteiger partial charge on any atom is 0.231 e. The van der Waals surface area contributed by atoms with Gasteiger partial charge in [0.1, 0.15) is 5.82 Å². The molecule has 0 radical (unpaired) electrons. The predicted octanol–water partition coefficient (Wildman–Crippen LogP) is 3.20. The number of aromatic nitrogens is 2. The lowest BCUT2D eigenvalue weighted by Crippen LogP contribution is -2.34. The van der Waals surface area contributed by atoms with Gasteiger partial charge in [-0.1, -0.05) is 36.4 Å². The number of nitrogens with zero attached hydrogens (tertiary/aromatic N) is 3. The zero-order valence-electron chi connectivity index (χ0n) is 16.4. The first kappa shape index (κ1) is 17.3. The molecule has 3 aromatic rings. The molecule has 0 fully saturated rings. The molecular weight excluding hydrogens is 380 g/mol. The van der Waals surface area contributed by atoms with Crippen LogP contribution in [-0.2, 0) is 13.1 Å². The van der Waals surface area contributed by atoms with E-state index in [9.17, 15) is 0 Å². The van der Waals surface area contributed by atoms with E-state index < -0.39 is 0 Å². The molecule has 2 aromatic carbocycles. The molecule has 6 rings (SSSR count). The first-order valence-corrected chi connectivity index (χ1v) is 10.2. The molecule has 0 amide bonds. The van der Waals surface area contributed by atoms with E-state index in [0.717, 1.165) is 53.8 Å². The van der Waals surface area contributed by atoms with Gasteiger partial charge in [0.15, 0.2) is 17.3 Å². The Morgan fingerprint density at radius 1 is 1.03 bits per heavy atom. The molecule has 3 N–H and O–H groups in total. The van der Waals surface area contributed by atoms with Gasteiger partial charge in [0.2, 0.25) is 12.7 Å². The Bertz CT molecular complexity index is 1090. The standard InChI is InChI=1S/C22H22N6O2/c1-2-4-14(5-3-1)12-28-9-8-16-19-20(27-26-16)24-22(25-21(19)28)23-11-15-6-7-17-18(10-15)30-13-29-17/h1-7,10,16,26H,8-9,11-13H2,(H2,23,24,25,27). The minimum absolute atomic E-state index is 0.255. The first-order valence-electron chi connectivity index (χ1n) is 10.2. The molecule has 3 aliphatic heterocycles. The van der Waals surface area contributed by atoms with E-state index in [1.165, 1.54) is 5.56 Å². The number of hydrogen-bond acceptors (Lipinski definition) is 8. The van der Waals surface area contributed by atoms with Gasteiger partial charge in [-0.25, -0.2) is 5.43 Å². The fraction of sp³-hybridized carbons (Fsp3) is 0.273. The summed E-state index contributed by atoms with van der Waals surface area (Å²) >= 11 is 0. The van der Waals surface area contributed by atoms with Crippen LogP contribution in [0, 0.1) is 0 Å². The first-order chi connectivity index (χ1) is 14.8. The smallest absolute Gasteiger partial charge is 0.231 e. The van der Waals surface area contributed by atoms with Crippen LogP contribution in [0.1, 0.15) is 29.2 Å². The highest BCUT2D eigenvalue weighted by Crippen LogP contribution is 2.41. The van der Waals surface area contributed by atoms with E-state index in [1.807, 2.05) is 24.3 Å². The van der Waals surface area contributed by atoms with Crippen LogP contribution in [-0.4, -0.2) is 23.3 Å². The van der Waals surface area contributed by atoms with E-state index in [1.54, 1.807) is 0 Å². The summed E-state index contributed by atoms with van der Waals surface area (Å²) in [5, 5.41) is 3.37. The molecule has 0 spiro atoms. The van der Waals surface area contributed by atoms with E-state index in [4.69, 9.17) is 19.4 Å². The van der Waals surface area contributed by atoms with Gasteiger partial charge in [0, 0.05) is 19.6 Å². The number of fused-ring (bicyclic) bond motifs is 1. The topological polar surface area (TPSA) is 83.6 Å². The molecule has 1 atom stereocenters. The number of hydrogen-bond donors (Lipinski definition) is 3. The van der Waals surface area contributed by atoms with E-state index in [0.29, 0.717) is 12.5 Å². The second-order valence-corrected chi connectivity index (χ2v) is 7.69. The third-order valence-electron chi connectivity index (χ3n) is 5.73. The molecule has 0 bridgehead atoms. The summed E-state index contributed by atoms with van der Waals surface area (Å²) in [6.07, 6.45) is 1.02. The molecular formula is C22H22N6O2. The van der Waals surface area contributed by atoms with Crippen molar-refractivity contribution in [2.45, 2.75) is 25.6 Å². The third-order valence-corrected chi connectivity index (χ3v) is 5.73. The van der Waals surface area contributed by atoms with Gasteiger partial charge in [-0.05, 0) is 29.7 Å². The van der Waals surface area contributed by atoms with Gasteiger partial charge >= 0.3 is 0 Å². The number of anilines is 3. The van der Waals surface area contributed by atoms with Gasteiger partial charge < -0.3 is 25.1 Å². The number of rotatable bonds is 5. The van der Waals surface area contributed by atoms with Crippen LogP contribution in [0.15, 0.2) is 48.5 Å². The van der Waals surface area contributed by atoms with Gasteiger partial charge in [-0.15, -0.1) is 0 Å².